The van der Waals surface area contributed by atoms with Gasteiger partial charge in [-0.15, -0.1) is 5.10 Å². The highest BCUT2D eigenvalue weighted by Gasteiger charge is 2.36. The van der Waals surface area contributed by atoms with Crippen molar-refractivity contribution in [1.82, 2.24) is 30.1 Å². The Morgan fingerprint density at radius 2 is 1.83 bits per heavy atom. The molecule has 0 radical (unpaired) electrons. The molecule has 2 aromatic heterocycles. The van der Waals surface area contributed by atoms with Gasteiger partial charge in [0.15, 0.2) is 5.82 Å². The van der Waals surface area contributed by atoms with E-state index >= 15 is 0 Å². The van der Waals surface area contributed by atoms with Crippen molar-refractivity contribution in [1.29, 1.82) is 0 Å². The fraction of sp³-hybridized carbons (Fsp3) is 0.630. The summed E-state index contributed by atoms with van der Waals surface area (Å²) in [5.74, 6) is 2.05. The molecule has 2 aliphatic carbocycles. The van der Waals surface area contributed by atoms with Crippen molar-refractivity contribution in [3.8, 4) is 5.75 Å². The predicted molar refractivity (Wildman–Crippen MR) is 136 cm³/mol. The van der Waals surface area contributed by atoms with Gasteiger partial charge in [0.1, 0.15) is 5.75 Å². The van der Waals surface area contributed by atoms with Crippen LogP contribution < -0.4 is 10.3 Å². The summed E-state index contributed by atoms with van der Waals surface area (Å²) in [7, 11) is 1.67. The van der Waals surface area contributed by atoms with E-state index in [1.165, 1.54) is 32.1 Å². The SMILES string of the molecule is COc1ccc2[nH]c(=O)c(CN(C3CCCCC3)C(c3nnnn3C3CCCC3)C(C)C)cc2c1. The Labute approximate surface area is 207 Å². The lowest BCUT2D eigenvalue weighted by Gasteiger charge is -2.41. The minimum absolute atomic E-state index is 0.0265. The maximum absolute atomic E-state index is 13.2. The van der Waals surface area contributed by atoms with E-state index in [1.807, 2.05) is 24.3 Å². The molecule has 2 saturated carbocycles. The van der Waals surface area contributed by atoms with Gasteiger partial charge in [0, 0.05) is 29.1 Å². The first-order valence-corrected chi connectivity index (χ1v) is 13.3. The first-order chi connectivity index (χ1) is 17.0. The van der Waals surface area contributed by atoms with E-state index < -0.39 is 0 Å². The van der Waals surface area contributed by atoms with Crippen molar-refractivity contribution in [3.05, 3.63) is 46.0 Å². The van der Waals surface area contributed by atoms with E-state index in [-0.39, 0.29) is 11.6 Å². The van der Waals surface area contributed by atoms with Gasteiger partial charge in [-0.25, -0.2) is 4.68 Å². The van der Waals surface area contributed by atoms with Gasteiger partial charge in [0.2, 0.25) is 0 Å². The number of nitrogens with zero attached hydrogens (tertiary/aromatic N) is 5. The van der Waals surface area contributed by atoms with Crippen molar-refractivity contribution < 1.29 is 4.74 Å². The molecule has 5 rings (SSSR count). The molecule has 1 aromatic carbocycles. The first kappa shape index (κ1) is 24.0. The molecule has 2 aliphatic rings. The first-order valence-electron chi connectivity index (χ1n) is 13.3. The van der Waals surface area contributed by atoms with Crippen LogP contribution in [0.4, 0.5) is 0 Å². The number of aromatic amines is 1. The lowest BCUT2D eigenvalue weighted by molar-refractivity contribution is 0.0598. The number of fused-ring (bicyclic) bond motifs is 1. The number of hydrogen-bond donors (Lipinski definition) is 1. The largest absolute Gasteiger partial charge is 0.497 e. The number of H-pyrrole nitrogens is 1. The standard InChI is InChI=1S/C27H38N6O2/c1-18(2)25(26-29-30-31-33(26)22-11-7-8-12-22)32(21-9-5-4-6-10-21)17-20-15-19-16-23(35-3)13-14-24(19)28-27(20)34/h13-16,18,21-22,25H,4-12,17H2,1-3H3,(H,28,34). The molecule has 0 amide bonds. The number of aromatic nitrogens is 5. The number of tetrazole rings is 1. The average molecular weight is 479 g/mol. The topological polar surface area (TPSA) is 88.9 Å². The number of pyridine rings is 1. The molecular formula is C27H38N6O2. The molecule has 3 aromatic rings. The molecule has 2 fully saturated rings. The summed E-state index contributed by atoms with van der Waals surface area (Å²) >= 11 is 0. The monoisotopic (exact) mass is 478 g/mol. The number of hydrogen-bond acceptors (Lipinski definition) is 6. The molecule has 1 atom stereocenters. The van der Waals surface area contributed by atoms with Gasteiger partial charge in [-0.3, -0.25) is 9.69 Å². The number of nitrogens with one attached hydrogen (secondary N) is 1. The Hall–Kier alpha value is -2.74. The summed E-state index contributed by atoms with van der Waals surface area (Å²) in [5, 5.41) is 14.2. The number of ether oxygens (including phenoxy) is 1. The molecule has 1 unspecified atom stereocenters. The maximum atomic E-state index is 13.2. The van der Waals surface area contributed by atoms with Crippen LogP contribution in [0.2, 0.25) is 0 Å². The summed E-state index contributed by atoms with van der Waals surface area (Å²) in [6.45, 7) is 5.08. The zero-order chi connectivity index (χ0) is 24.4. The average Bonchev–Trinajstić information content (AvgIpc) is 3.56. The smallest absolute Gasteiger partial charge is 0.252 e. The normalized spacial score (nSPS) is 18.7. The Morgan fingerprint density at radius 3 is 2.54 bits per heavy atom. The highest BCUT2D eigenvalue weighted by molar-refractivity contribution is 5.80. The molecule has 0 bridgehead atoms. The lowest BCUT2D eigenvalue weighted by Crippen LogP contribution is -2.43. The van der Waals surface area contributed by atoms with E-state index in [0.717, 1.165) is 53.7 Å². The molecule has 2 heterocycles. The quantitative estimate of drug-likeness (QED) is 0.480. The summed E-state index contributed by atoms with van der Waals surface area (Å²) < 4.78 is 7.52. The summed E-state index contributed by atoms with van der Waals surface area (Å²) in [5.41, 5.74) is 1.58. The van der Waals surface area contributed by atoms with Gasteiger partial charge in [0.05, 0.1) is 19.2 Å². The number of rotatable bonds is 8. The maximum Gasteiger partial charge on any atom is 0.252 e. The van der Waals surface area contributed by atoms with E-state index in [2.05, 4.69) is 43.9 Å². The van der Waals surface area contributed by atoms with Crippen LogP contribution in [0.15, 0.2) is 29.1 Å². The third-order valence-electron chi connectivity index (χ3n) is 7.97. The third kappa shape index (κ3) is 4.99. The van der Waals surface area contributed by atoms with Crippen molar-refractivity contribution in [2.24, 2.45) is 5.92 Å². The van der Waals surface area contributed by atoms with Gasteiger partial charge in [-0.2, -0.15) is 0 Å². The van der Waals surface area contributed by atoms with Gasteiger partial charge in [0.25, 0.3) is 5.56 Å². The molecule has 0 saturated heterocycles. The van der Waals surface area contributed by atoms with Crippen molar-refractivity contribution in [2.45, 2.75) is 96.3 Å². The Balaban J connectivity index is 1.55. The summed E-state index contributed by atoms with van der Waals surface area (Å²) in [6.07, 6.45) is 10.8. The van der Waals surface area contributed by atoms with Crippen LogP contribution in [-0.4, -0.2) is 43.2 Å². The molecule has 1 N–H and O–H groups in total. The van der Waals surface area contributed by atoms with Crippen LogP contribution in [-0.2, 0) is 6.54 Å². The van der Waals surface area contributed by atoms with E-state index in [9.17, 15) is 4.79 Å². The van der Waals surface area contributed by atoms with Gasteiger partial charge in [-0.1, -0.05) is 46.0 Å². The van der Waals surface area contributed by atoms with Crippen LogP contribution >= 0.6 is 0 Å². The molecule has 188 valence electrons. The molecule has 0 aliphatic heterocycles. The third-order valence-corrected chi connectivity index (χ3v) is 7.97. The highest BCUT2D eigenvalue weighted by atomic mass is 16.5. The Morgan fingerprint density at radius 1 is 1.09 bits per heavy atom. The summed E-state index contributed by atoms with van der Waals surface area (Å²) in [6, 6.07) is 8.64. The van der Waals surface area contributed by atoms with Crippen LogP contribution in [0.1, 0.15) is 95.1 Å². The van der Waals surface area contributed by atoms with Crippen LogP contribution in [0.5, 0.6) is 5.75 Å². The van der Waals surface area contributed by atoms with Crippen molar-refractivity contribution in [2.75, 3.05) is 7.11 Å². The fourth-order valence-corrected chi connectivity index (χ4v) is 6.17. The van der Waals surface area contributed by atoms with Gasteiger partial charge in [-0.05, 0) is 66.3 Å². The Kier molecular flexibility index (Phi) is 7.18. The summed E-state index contributed by atoms with van der Waals surface area (Å²) in [4.78, 5) is 18.8. The Bertz CT molecular complexity index is 1190. The second-order valence-corrected chi connectivity index (χ2v) is 10.6. The van der Waals surface area contributed by atoms with Crippen molar-refractivity contribution in [3.63, 3.8) is 0 Å². The molecular weight excluding hydrogens is 440 g/mol. The van der Waals surface area contributed by atoms with E-state index in [4.69, 9.17) is 4.74 Å². The zero-order valence-corrected chi connectivity index (χ0v) is 21.2. The minimum Gasteiger partial charge on any atom is -0.497 e. The number of methoxy groups -OCH3 is 1. The van der Waals surface area contributed by atoms with Crippen LogP contribution in [0, 0.1) is 5.92 Å². The lowest BCUT2D eigenvalue weighted by atomic mass is 9.90. The second-order valence-electron chi connectivity index (χ2n) is 10.6. The fourth-order valence-electron chi connectivity index (χ4n) is 6.17. The van der Waals surface area contributed by atoms with E-state index in [0.29, 0.717) is 24.5 Å². The molecule has 35 heavy (non-hydrogen) atoms. The van der Waals surface area contributed by atoms with Crippen LogP contribution in [0.25, 0.3) is 10.9 Å². The predicted octanol–water partition coefficient (Wildman–Crippen LogP) is 5.17. The second kappa shape index (κ2) is 10.5. The van der Waals surface area contributed by atoms with Gasteiger partial charge < -0.3 is 9.72 Å². The zero-order valence-electron chi connectivity index (χ0n) is 21.2. The van der Waals surface area contributed by atoms with Crippen LogP contribution in [0.3, 0.4) is 0 Å². The van der Waals surface area contributed by atoms with Crippen molar-refractivity contribution >= 4 is 10.9 Å². The molecule has 8 nitrogen and oxygen atoms in total. The van der Waals surface area contributed by atoms with Gasteiger partial charge >= 0.3 is 0 Å². The highest BCUT2D eigenvalue weighted by Crippen LogP contribution is 2.38. The van der Waals surface area contributed by atoms with E-state index in [1.54, 1.807) is 7.11 Å². The minimum atomic E-state index is -0.0265. The number of benzene rings is 1. The molecule has 0 spiro atoms. The molecule has 8 heteroatoms.